The van der Waals surface area contributed by atoms with Crippen LogP contribution < -0.4 is 10.6 Å². The van der Waals surface area contributed by atoms with Crippen LogP contribution in [0.15, 0.2) is 28.7 Å². The first-order chi connectivity index (χ1) is 7.22. The van der Waals surface area contributed by atoms with E-state index in [-0.39, 0.29) is 6.03 Å². The Morgan fingerprint density at radius 3 is 2.67 bits per heavy atom. The summed E-state index contributed by atoms with van der Waals surface area (Å²) in [5.41, 5.74) is 0.715. The highest BCUT2D eigenvalue weighted by Gasteiger charge is 1.99. The van der Waals surface area contributed by atoms with E-state index in [1.807, 2.05) is 18.2 Å². The number of carbonyl (C=O) groups excluding carboxylic acids is 1. The number of carbonyl (C=O) groups is 1. The number of nitrogens with zero attached hydrogens (tertiary/aromatic N) is 1. The van der Waals surface area contributed by atoms with E-state index in [2.05, 4.69) is 26.6 Å². The van der Waals surface area contributed by atoms with Gasteiger partial charge in [0.15, 0.2) is 0 Å². The summed E-state index contributed by atoms with van der Waals surface area (Å²) in [6.07, 6.45) is 0.313. The third kappa shape index (κ3) is 4.47. The zero-order valence-electron chi connectivity index (χ0n) is 7.96. The van der Waals surface area contributed by atoms with Crippen molar-refractivity contribution < 1.29 is 4.79 Å². The molecule has 0 bridgehead atoms. The van der Waals surface area contributed by atoms with Gasteiger partial charge < -0.3 is 10.6 Å². The van der Waals surface area contributed by atoms with Crippen LogP contribution in [-0.4, -0.2) is 12.6 Å². The van der Waals surface area contributed by atoms with E-state index in [4.69, 9.17) is 5.26 Å². The number of nitrogens with one attached hydrogen (secondary N) is 2. The molecule has 0 spiro atoms. The molecule has 0 atom stereocenters. The van der Waals surface area contributed by atoms with Crippen LogP contribution in [0.2, 0.25) is 0 Å². The lowest BCUT2D eigenvalue weighted by atomic mass is 10.3. The zero-order chi connectivity index (χ0) is 11.1. The molecule has 15 heavy (non-hydrogen) atoms. The molecule has 0 saturated heterocycles. The second kappa shape index (κ2) is 6.04. The number of halogens is 1. The average Bonchev–Trinajstić information content (AvgIpc) is 2.22. The minimum absolute atomic E-state index is 0.299. The maximum absolute atomic E-state index is 11.2. The molecule has 5 heteroatoms. The van der Waals surface area contributed by atoms with Crippen LogP contribution >= 0.6 is 15.9 Å². The zero-order valence-corrected chi connectivity index (χ0v) is 9.54. The number of nitriles is 1. The van der Waals surface area contributed by atoms with Gasteiger partial charge in [-0.05, 0) is 24.3 Å². The summed E-state index contributed by atoms with van der Waals surface area (Å²) in [6.45, 7) is 0.360. The first-order valence-corrected chi connectivity index (χ1v) is 5.19. The van der Waals surface area contributed by atoms with Gasteiger partial charge in [-0.1, -0.05) is 15.9 Å². The van der Waals surface area contributed by atoms with Gasteiger partial charge in [-0.25, -0.2) is 4.79 Å². The lowest BCUT2D eigenvalue weighted by Crippen LogP contribution is -2.29. The molecule has 0 fully saturated rings. The van der Waals surface area contributed by atoms with Crippen LogP contribution in [0.5, 0.6) is 0 Å². The third-order valence-electron chi connectivity index (χ3n) is 1.62. The van der Waals surface area contributed by atoms with Gasteiger partial charge >= 0.3 is 6.03 Å². The van der Waals surface area contributed by atoms with Crippen LogP contribution in [0.3, 0.4) is 0 Å². The van der Waals surface area contributed by atoms with Crippen LogP contribution in [0, 0.1) is 11.3 Å². The molecule has 1 aromatic rings. The lowest BCUT2D eigenvalue weighted by molar-refractivity contribution is 0.252. The highest BCUT2D eigenvalue weighted by Crippen LogP contribution is 2.13. The smallest absolute Gasteiger partial charge is 0.319 e. The number of rotatable bonds is 3. The quantitative estimate of drug-likeness (QED) is 0.827. The molecule has 4 nitrogen and oxygen atoms in total. The molecule has 1 aromatic carbocycles. The second-order valence-corrected chi connectivity index (χ2v) is 3.71. The minimum atomic E-state index is -0.299. The fourth-order valence-electron chi connectivity index (χ4n) is 0.940. The van der Waals surface area contributed by atoms with E-state index in [1.54, 1.807) is 12.1 Å². The Balaban J connectivity index is 2.38. The fourth-order valence-corrected chi connectivity index (χ4v) is 1.20. The highest BCUT2D eigenvalue weighted by atomic mass is 79.9. The van der Waals surface area contributed by atoms with Gasteiger partial charge in [-0.2, -0.15) is 5.26 Å². The maximum Gasteiger partial charge on any atom is 0.319 e. The van der Waals surface area contributed by atoms with Crippen LogP contribution in [0.25, 0.3) is 0 Å². The van der Waals surface area contributed by atoms with Crippen molar-refractivity contribution in [2.45, 2.75) is 6.42 Å². The summed E-state index contributed by atoms with van der Waals surface area (Å²) < 4.78 is 0.956. The van der Waals surface area contributed by atoms with Crippen LogP contribution in [0.4, 0.5) is 10.5 Å². The first kappa shape index (κ1) is 11.5. The molecule has 0 saturated carbocycles. The van der Waals surface area contributed by atoms with Gasteiger partial charge in [-0.15, -0.1) is 0 Å². The van der Waals surface area contributed by atoms with Gasteiger partial charge in [-0.3, -0.25) is 0 Å². The molecule has 2 amide bonds. The molecular weight excluding hydrogens is 258 g/mol. The topological polar surface area (TPSA) is 64.9 Å². The standard InChI is InChI=1S/C10H10BrN3O/c11-8-2-4-9(5-3-8)14-10(15)13-7-1-6-12/h2-5H,1,7H2,(H2,13,14,15). The molecule has 0 heterocycles. The largest absolute Gasteiger partial charge is 0.337 e. The molecule has 1 rings (SSSR count). The number of anilines is 1. The van der Waals surface area contributed by atoms with Crippen molar-refractivity contribution in [1.29, 1.82) is 5.26 Å². The Morgan fingerprint density at radius 1 is 1.40 bits per heavy atom. The number of hydrogen-bond acceptors (Lipinski definition) is 2. The number of amides is 2. The molecule has 0 unspecified atom stereocenters. The predicted molar refractivity (Wildman–Crippen MR) is 61.4 cm³/mol. The molecule has 78 valence electrons. The first-order valence-electron chi connectivity index (χ1n) is 4.40. The number of benzene rings is 1. The average molecular weight is 268 g/mol. The molecule has 2 N–H and O–H groups in total. The van der Waals surface area contributed by atoms with Gasteiger partial charge in [0, 0.05) is 16.7 Å². The summed E-state index contributed by atoms with van der Waals surface area (Å²) in [6, 6.07) is 8.89. The summed E-state index contributed by atoms with van der Waals surface area (Å²) in [7, 11) is 0. The highest BCUT2D eigenvalue weighted by molar-refractivity contribution is 9.10. The number of hydrogen-bond donors (Lipinski definition) is 2. The Labute approximate surface area is 96.4 Å². The van der Waals surface area contributed by atoms with E-state index < -0.39 is 0 Å². The Bertz CT molecular complexity index is 369. The summed E-state index contributed by atoms with van der Waals surface area (Å²) >= 11 is 3.30. The van der Waals surface area contributed by atoms with E-state index in [1.165, 1.54) is 0 Å². The van der Waals surface area contributed by atoms with Gasteiger partial charge in [0.2, 0.25) is 0 Å². The Hall–Kier alpha value is -1.54. The molecule has 0 aliphatic rings. The van der Waals surface area contributed by atoms with Crippen molar-refractivity contribution in [3.8, 4) is 6.07 Å². The van der Waals surface area contributed by atoms with Crippen molar-refractivity contribution >= 4 is 27.6 Å². The fraction of sp³-hybridized carbons (Fsp3) is 0.200. The second-order valence-electron chi connectivity index (χ2n) is 2.80. The minimum Gasteiger partial charge on any atom is -0.337 e. The summed E-state index contributed by atoms with van der Waals surface area (Å²) in [5, 5.41) is 13.5. The molecular formula is C10H10BrN3O. The van der Waals surface area contributed by atoms with Crippen molar-refractivity contribution in [2.24, 2.45) is 0 Å². The monoisotopic (exact) mass is 267 g/mol. The van der Waals surface area contributed by atoms with E-state index in [0.29, 0.717) is 18.7 Å². The Kier molecular flexibility index (Phi) is 4.64. The SMILES string of the molecule is N#CCCNC(=O)Nc1ccc(Br)cc1. The van der Waals surface area contributed by atoms with Crippen molar-refractivity contribution in [3.05, 3.63) is 28.7 Å². The predicted octanol–water partition coefficient (Wildman–Crippen LogP) is 2.48. The van der Waals surface area contributed by atoms with Gasteiger partial charge in [0.05, 0.1) is 12.5 Å². The van der Waals surface area contributed by atoms with Gasteiger partial charge in [0.1, 0.15) is 0 Å². The van der Waals surface area contributed by atoms with Gasteiger partial charge in [0.25, 0.3) is 0 Å². The van der Waals surface area contributed by atoms with E-state index in [9.17, 15) is 4.79 Å². The van der Waals surface area contributed by atoms with Crippen molar-refractivity contribution in [2.75, 3.05) is 11.9 Å². The van der Waals surface area contributed by atoms with Crippen LogP contribution in [-0.2, 0) is 0 Å². The molecule has 0 radical (unpaired) electrons. The van der Waals surface area contributed by atoms with E-state index in [0.717, 1.165) is 4.47 Å². The normalized spacial score (nSPS) is 9.07. The molecule has 0 aliphatic heterocycles. The van der Waals surface area contributed by atoms with Crippen molar-refractivity contribution in [3.63, 3.8) is 0 Å². The third-order valence-corrected chi connectivity index (χ3v) is 2.15. The Morgan fingerprint density at radius 2 is 2.07 bits per heavy atom. The number of urea groups is 1. The summed E-state index contributed by atoms with van der Waals surface area (Å²) in [4.78, 5) is 11.2. The van der Waals surface area contributed by atoms with Crippen molar-refractivity contribution in [1.82, 2.24) is 5.32 Å². The summed E-state index contributed by atoms with van der Waals surface area (Å²) in [5.74, 6) is 0. The lowest BCUT2D eigenvalue weighted by Gasteiger charge is -2.05. The molecule has 0 aromatic heterocycles. The maximum atomic E-state index is 11.2. The van der Waals surface area contributed by atoms with E-state index >= 15 is 0 Å². The van der Waals surface area contributed by atoms with Crippen LogP contribution in [0.1, 0.15) is 6.42 Å². The molecule has 0 aliphatic carbocycles.